The molecule has 0 aromatic rings. The minimum atomic E-state index is -1.42. The molecule has 1 fully saturated rings. The van der Waals surface area contributed by atoms with Gasteiger partial charge in [0, 0.05) is 13.0 Å². The predicted molar refractivity (Wildman–Crippen MR) is 55.1 cm³/mol. The van der Waals surface area contributed by atoms with E-state index in [0.717, 1.165) is 19.6 Å². The highest BCUT2D eigenvalue weighted by Crippen LogP contribution is 2.31. The lowest BCUT2D eigenvalue weighted by atomic mass is 10.4. The Morgan fingerprint density at radius 2 is 2.23 bits per heavy atom. The lowest BCUT2D eigenvalue weighted by Gasteiger charge is -2.28. The van der Waals surface area contributed by atoms with Crippen molar-refractivity contribution in [3.05, 3.63) is 11.5 Å². The second-order valence-electron chi connectivity index (χ2n) is 4.43. The summed E-state index contributed by atoms with van der Waals surface area (Å²) in [4.78, 5) is 0. The van der Waals surface area contributed by atoms with Crippen LogP contribution in [0.2, 0.25) is 13.1 Å². The van der Waals surface area contributed by atoms with Gasteiger partial charge in [0.1, 0.15) is 0 Å². The van der Waals surface area contributed by atoms with Crippen molar-refractivity contribution in [1.82, 2.24) is 0 Å². The molecule has 1 atom stereocenters. The fraction of sp³-hybridized carbons (Fsp3) is 0.800. The quantitative estimate of drug-likeness (QED) is 0.634. The van der Waals surface area contributed by atoms with Crippen LogP contribution >= 0.6 is 0 Å². The van der Waals surface area contributed by atoms with Crippen molar-refractivity contribution in [3.63, 3.8) is 0 Å². The fourth-order valence-corrected chi connectivity index (χ4v) is 5.09. The molecule has 1 unspecified atom stereocenters. The fourth-order valence-electron chi connectivity index (χ4n) is 2.17. The van der Waals surface area contributed by atoms with Gasteiger partial charge in [-0.1, -0.05) is 13.1 Å². The van der Waals surface area contributed by atoms with E-state index in [1.54, 1.807) is 0 Å². The molecule has 0 amide bonds. The van der Waals surface area contributed by atoms with Gasteiger partial charge < -0.3 is 9.47 Å². The van der Waals surface area contributed by atoms with Gasteiger partial charge in [-0.3, -0.25) is 0 Å². The highest BCUT2D eigenvalue weighted by molar-refractivity contribution is 6.84. The molecule has 74 valence electrons. The maximum Gasteiger partial charge on any atom is 0.156 e. The summed E-state index contributed by atoms with van der Waals surface area (Å²) < 4.78 is 11.4. The van der Waals surface area contributed by atoms with Crippen LogP contribution in [-0.2, 0) is 9.47 Å². The van der Waals surface area contributed by atoms with E-state index in [0.29, 0.717) is 5.73 Å². The van der Waals surface area contributed by atoms with E-state index in [1.165, 1.54) is 18.2 Å². The molecule has 0 saturated carbocycles. The summed E-state index contributed by atoms with van der Waals surface area (Å²) in [6.45, 7) is 6.56. The van der Waals surface area contributed by atoms with Crippen LogP contribution in [0, 0.1) is 0 Å². The van der Waals surface area contributed by atoms with Crippen molar-refractivity contribution in [3.8, 4) is 0 Å². The second-order valence-corrected chi connectivity index (χ2v) is 9.01. The molecule has 13 heavy (non-hydrogen) atoms. The summed E-state index contributed by atoms with van der Waals surface area (Å²) in [6, 6.07) is 0. The predicted octanol–water partition coefficient (Wildman–Crippen LogP) is 2.26. The number of hydrogen-bond acceptors (Lipinski definition) is 2. The minimum absolute atomic E-state index is 0.497. The third-order valence-electron chi connectivity index (χ3n) is 3.07. The summed E-state index contributed by atoms with van der Waals surface area (Å²) in [5.41, 5.74) is 0.497. The third kappa shape index (κ3) is 1.67. The van der Waals surface area contributed by atoms with Gasteiger partial charge in [-0.25, -0.2) is 0 Å². The van der Waals surface area contributed by atoms with Gasteiger partial charge in [0.15, 0.2) is 8.07 Å². The van der Waals surface area contributed by atoms with Crippen molar-refractivity contribution in [2.75, 3.05) is 13.2 Å². The molecule has 2 heterocycles. The van der Waals surface area contributed by atoms with Crippen molar-refractivity contribution in [2.24, 2.45) is 0 Å². The largest absolute Gasteiger partial charge is 0.503 e. The lowest BCUT2D eigenvalue weighted by Crippen LogP contribution is -2.43. The molecule has 0 bridgehead atoms. The van der Waals surface area contributed by atoms with E-state index in [4.69, 9.17) is 9.47 Å². The van der Waals surface area contributed by atoms with Gasteiger partial charge in [0.25, 0.3) is 0 Å². The summed E-state index contributed by atoms with van der Waals surface area (Å²) in [7, 11) is -1.42. The maximum absolute atomic E-state index is 5.77. The average Bonchev–Trinajstić information content (AvgIpc) is 2.78. The molecular weight excluding hydrogens is 180 g/mol. The Morgan fingerprint density at radius 1 is 1.38 bits per heavy atom. The van der Waals surface area contributed by atoms with Crippen LogP contribution in [0.3, 0.4) is 0 Å². The van der Waals surface area contributed by atoms with Gasteiger partial charge in [-0.2, -0.15) is 0 Å². The highest BCUT2D eigenvalue weighted by atomic mass is 28.3. The van der Waals surface area contributed by atoms with Gasteiger partial charge in [-0.05, 0) is 18.9 Å². The first-order valence-corrected chi connectivity index (χ1v) is 8.24. The molecule has 2 aliphatic rings. The molecule has 0 spiro atoms. The van der Waals surface area contributed by atoms with Gasteiger partial charge in [-0.15, -0.1) is 0 Å². The van der Waals surface area contributed by atoms with Crippen LogP contribution in [0.1, 0.15) is 19.3 Å². The first-order chi connectivity index (χ1) is 6.21. The monoisotopic (exact) mass is 198 g/mol. The smallest absolute Gasteiger partial charge is 0.156 e. The molecule has 0 N–H and O–H groups in total. The lowest BCUT2D eigenvalue weighted by molar-refractivity contribution is 0.156. The zero-order chi connectivity index (χ0) is 9.31. The summed E-state index contributed by atoms with van der Waals surface area (Å²) in [5.74, 6) is 0. The summed E-state index contributed by atoms with van der Waals surface area (Å²) >= 11 is 0. The standard InChI is InChI=1S/C10H18O2Si/c1-13(2,9-5-3-7-11-9)10-6-4-8-12-10/h5,10H,3-4,6-8H2,1-2H3. The number of hydrogen-bond donors (Lipinski definition) is 0. The molecule has 3 heteroatoms. The van der Waals surface area contributed by atoms with E-state index in [2.05, 4.69) is 19.2 Å². The Bertz CT molecular complexity index is 217. The highest BCUT2D eigenvalue weighted by Gasteiger charge is 2.40. The topological polar surface area (TPSA) is 18.5 Å². The Hall–Kier alpha value is -0.283. The molecule has 2 rings (SSSR count). The average molecular weight is 198 g/mol. The first kappa shape index (κ1) is 9.28. The Morgan fingerprint density at radius 3 is 2.77 bits per heavy atom. The maximum atomic E-state index is 5.77. The Labute approximate surface area is 80.9 Å². The van der Waals surface area contributed by atoms with Crippen LogP contribution in [0.25, 0.3) is 0 Å². The van der Waals surface area contributed by atoms with E-state index in [9.17, 15) is 0 Å². The van der Waals surface area contributed by atoms with E-state index < -0.39 is 8.07 Å². The minimum Gasteiger partial charge on any atom is -0.503 e. The van der Waals surface area contributed by atoms with Crippen LogP contribution < -0.4 is 0 Å². The number of rotatable bonds is 2. The van der Waals surface area contributed by atoms with Crippen LogP contribution in [0.15, 0.2) is 11.5 Å². The Kier molecular flexibility index (Phi) is 2.47. The first-order valence-electron chi connectivity index (χ1n) is 5.16. The zero-order valence-corrected chi connectivity index (χ0v) is 9.51. The van der Waals surface area contributed by atoms with Crippen LogP contribution in [0.5, 0.6) is 0 Å². The van der Waals surface area contributed by atoms with Crippen LogP contribution in [0.4, 0.5) is 0 Å². The van der Waals surface area contributed by atoms with Crippen molar-refractivity contribution in [1.29, 1.82) is 0 Å². The van der Waals surface area contributed by atoms with E-state index >= 15 is 0 Å². The van der Waals surface area contributed by atoms with E-state index in [1.807, 2.05) is 0 Å². The second kappa shape index (κ2) is 3.46. The molecule has 0 aromatic carbocycles. The number of ether oxygens (including phenoxy) is 2. The normalized spacial score (nSPS) is 28.8. The SMILES string of the molecule is C[Si](C)(C1=CCCO1)C1CCCO1. The molecule has 2 aliphatic heterocycles. The molecule has 0 aliphatic carbocycles. The van der Waals surface area contributed by atoms with Gasteiger partial charge >= 0.3 is 0 Å². The molecular formula is C10H18O2Si. The van der Waals surface area contributed by atoms with Gasteiger partial charge in [0.05, 0.1) is 17.7 Å². The van der Waals surface area contributed by atoms with E-state index in [-0.39, 0.29) is 0 Å². The zero-order valence-electron chi connectivity index (χ0n) is 8.51. The molecule has 0 aromatic heterocycles. The Balaban J connectivity index is 2.08. The molecule has 0 radical (unpaired) electrons. The van der Waals surface area contributed by atoms with Crippen molar-refractivity contribution in [2.45, 2.75) is 38.1 Å². The molecule has 2 nitrogen and oxygen atoms in total. The summed E-state index contributed by atoms with van der Waals surface area (Å²) in [6.07, 6.45) is 5.83. The van der Waals surface area contributed by atoms with Crippen LogP contribution in [-0.4, -0.2) is 27.0 Å². The van der Waals surface area contributed by atoms with Gasteiger partial charge in [0.2, 0.25) is 0 Å². The van der Waals surface area contributed by atoms with Crippen molar-refractivity contribution >= 4 is 8.07 Å². The van der Waals surface area contributed by atoms with Crippen molar-refractivity contribution < 1.29 is 9.47 Å². The third-order valence-corrected chi connectivity index (χ3v) is 6.76. The molecule has 1 saturated heterocycles. The summed E-state index contributed by atoms with van der Waals surface area (Å²) in [5, 5.41) is 1.28.